The molecule has 0 aliphatic carbocycles. The van der Waals surface area contributed by atoms with Crippen molar-refractivity contribution in [2.24, 2.45) is 0 Å². The molecule has 5 nitrogen and oxygen atoms in total. The maximum Gasteiger partial charge on any atom is 0.317 e. The van der Waals surface area contributed by atoms with Gasteiger partial charge in [-0.05, 0) is 37.3 Å². The number of halogens is 3. The second kappa shape index (κ2) is 8.77. The van der Waals surface area contributed by atoms with Crippen molar-refractivity contribution in [3.8, 4) is 0 Å². The highest BCUT2D eigenvalue weighted by Gasteiger charge is 2.19. The Morgan fingerprint density at radius 2 is 2.08 bits per heavy atom. The average molecular weight is 387 g/mol. The van der Waals surface area contributed by atoms with E-state index >= 15 is 0 Å². The molecule has 2 rings (SSSR count). The molecule has 1 N–H and O–H groups in total. The van der Waals surface area contributed by atoms with Gasteiger partial charge in [-0.15, -0.1) is 11.8 Å². The summed E-state index contributed by atoms with van der Waals surface area (Å²) in [6.45, 7) is 1.39. The highest BCUT2D eigenvalue weighted by Crippen LogP contribution is 2.22. The van der Waals surface area contributed by atoms with Crippen LogP contribution in [0.1, 0.15) is 6.92 Å². The van der Waals surface area contributed by atoms with Crippen LogP contribution in [-0.4, -0.2) is 28.7 Å². The largest absolute Gasteiger partial charge is 0.452 e. The highest BCUT2D eigenvalue weighted by molar-refractivity contribution is 8.00. The zero-order valence-corrected chi connectivity index (χ0v) is 14.5. The van der Waals surface area contributed by atoms with Crippen molar-refractivity contribution in [2.45, 2.75) is 17.9 Å². The number of hydrogen-bond donors (Lipinski definition) is 1. The zero-order chi connectivity index (χ0) is 18.4. The molecule has 1 aromatic heterocycles. The van der Waals surface area contributed by atoms with Crippen molar-refractivity contribution in [3.63, 3.8) is 0 Å². The molecule has 132 valence electrons. The third-order valence-corrected chi connectivity index (χ3v) is 4.12. The molecule has 0 fully saturated rings. The Balaban J connectivity index is 1.83. The summed E-state index contributed by atoms with van der Waals surface area (Å²) in [5, 5.41) is 2.88. The normalized spacial score (nSPS) is 11.7. The average Bonchev–Trinajstić information content (AvgIpc) is 2.57. The summed E-state index contributed by atoms with van der Waals surface area (Å²) in [5.41, 5.74) is 0. The molecule has 0 saturated heterocycles. The minimum atomic E-state index is -1.08. The molecular weight excluding hydrogens is 374 g/mol. The number of pyridine rings is 1. The molecule has 0 aliphatic rings. The molecule has 0 bridgehead atoms. The van der Waals surface area contributed by atoms with Crippen LogP contribution in [0.5, 0.6) is 0 Å². The fourth-order valence-electron chi connectivity index (χ4n) is 1.69. The van der Waals surface area contributed by atoms with Gasteiger partial charge in [-0.2, -0.15) is 0 Å². The van der Waals surface area contributed by atoms with Crippen LogP contribution >= 0.6 is 23.4 Å². The van der Waals surface area contributed by atoms with E-state index in [1.807, 2.05) is 0 Å². The summed E-state index contributed by atoms with van der Waals surface area (Å²) < 4.78 is 31.5. The van der Waals surface area contributed by atoms with Gasteiger partial charge < -0.3 is 10.1 Å². The minimum Gasteiger partial charge on any atom is -0.452 e. The monoisotopic (exact) mass is 386 g/mol. The van der Waals surface area contributed by atoms with E-state index in [0.717, 1.165) is 30.0 Å². The summed E-state index contributed by atoms with van der Waals surface area (Å²) >= 11 is 6.47. The van der Waals surface area contributed by atoms with Gasteiger partial charge in [-0.3, -0.25) is 9.59 Å². The lowest BCUT2D eigenvalue weighted by atomic mass is 10.3. The van der Waals surface area contributed by atoms with Gasteiger partial charge in [0.15, 0.2) is 6.10 Å². The molecule has 0 spiro atoms. The first-order valence-electron chi connectivity index (χ1n) is 7.05. The van der Waals surface area contributed by atoms with Crippen molar-refractivity contribution < 1.29 is 23.1 Å². The fraction of sp³-hybridized carbons (Fsp3) is 0.188. The Kier molecular flexibility index (Phi) is 6.72. The second-order valence-corrected chi connectivity index (χ2v) is 6.30. The maximum absolute atomic E-state index is 13.5. The van der Waals surface area contributed by atoms with E-state index in [1.54, 1.807) is 6.07 Å². The van der Waals surface area contributed by atoms with E-state index in [4.69, 9.17) is 16.3 Å². The Bertz CT molecular complexity index is 774. The van der Waals surface area contributed by atoms with Gasteiger partial charge in [0, 0.05) is 11.1 Å². The molecule has 0 radical (unpaired) electrons. The van der Waals surface area contributed by atoms with E-state index < -0.39 is 29.6 Å². The smallest absolute Gasteiger partial charge is 0.317 e. The van der Waals surface area contributed by atoms with Gasteiger partial charge in [0.05, 0.1) is 10.8 Å². The Morgan fingerprint density at radius 1 is 1.32 bits per heavy atom. The number of nitrogens with one attached hydrogen (secondary N) is 1. The van der Waals surface area contributed by atoms with Gasteiger partial charge in [0.25, 0.3) is 5.91 Å². The summed E-state index contributed by atoms with van der Waals surface area (Å²) in [7, 11) is 0. The van der Waals surface area contributed by atoms with E-state index in [9.17, 15) is 18.4 Å². The van der Waals surface area contributed by atoms with Crippen LogP contribution in [0.25, 0.3) is 0 Å². The number of nitrogens with zero attached hydrogens (tertiary/aromatic N) is 1. The fourth-order valence-corrected chi connectivity index (χ4v) is 2.54. The lowest BCUT2D eigenvalue weighted by Crippen LogP contribution is -2.30. The number of carbonyl (C=O) groups excluding carboxylic acids is 2. The first-order chi connectivity index (χ1) is 11.8. The van der Waals surface area contributed by atoms with E-state index in [-0.39, 0.29) is 16.5 Å². The predicted molar refractivity (Wildman–Crippen MR) is 90.5 cm³/mol. The maximum atomic E-state index is 13.5. The van der Waals surface area contributed by atoms with E-state index in [0.29, 0.717) is 5.02 Å². The van der Waals surface area contributed by atoms with Crippen LogP contribution in [0.4, 0.5) is 14.6 Å². The second-order valence-electron chi connectivity index (χ2n) is 4.85. The van der Waals surface area contributed by atoms with Gasteiger partial charge in [0.1, 0.15) is 17.5 Å². The highest BCUT2D eigenvalue weighted by atomic mass is 35.5. The first kappa shape index (κ1) is 19.1. The summed E-state index contributed by atoms with van der Waals surface area (Å²) in [5.74, 6) is -2.57. The number of benzene rings is 1. The van der Waals surface area contributed by atoms with E-state index in [2.05, 4.69) is 10.3 Å². The van der Waals surface area contributed by atoms with Crippen LogP contribution in [0.3, 0.4) is 0 Å². The van der Waals surface area contributed by atoms with Gasteiger partial charge >= 0.3 is 5.97 Å². The van der Waals surface area contributed by atoms with Gasteiger partial charge in [-0.25, -0.2) is 13.8 Å². The van der Waals surface area contributed by atoms with Gasteiger partial charge in [-0.1, -0.05) is 11.6 Å². The molecular formula is C16H13ClF2N2O3S. The Hall–Kier alpha value is -2.19. The van der Waals surface area contributed by atoms with Crippen molar-refractivity contribution in [1.82, 2.24) is 4.98 Å². The molecule has 1 amide bonds. The third kappa shape index (κ3) is 5.99. The number of ether oxygens (including phenoxy) is 1. The lowest BCUT2D eigenvalue weighted by molar-refractivity contribution is -0.150. The number of amides is 1. The SMILES string of the molecule is C[C@@H](OC(=O)CSc1cc(F)ccc1F)C(=O)Nc1ccc(Cl)cn1. The Morgan fingerprint density at radius 3 is 2.76 bits per heavy atom. The molecule has 0 aliphatic heterocycles. The number of rotatable bonds is 6. The lowest BCUT2D eigenvalue weighted by Gasteiger charge is -2.13. The summed E-state index contributed by atoms with van der Waals surface area (Å²) in [6.07, 6.45) is 0.279. The molecule has 9 heteroatoms. The number of thioether (sulfide) groups is 1. The van der Waals surface area contributed by atoms with Crippen molar-refractivity contribution in [3.05, 3.63) is 53.2 Å². The van der Waals surface area contributed by atoms with Crippen LogP contribution < -0.4 is 5.32 Å². The third-order valence-electron chi connectivity index (χ3n) is 2.89. The molecule has 1 atom stereocenters. The predicted octanol–water partition coefficient (Wildman–Crippen LogP) is 3.68. The number of hydrogen-bond acceptors (Lipinski definition) is 5. The minimum absolute atomic E-state index is 0.0144. The molecule has 2 aromatic rings. The number of anilines is 1. The van der Waals surface area contributed by atoms with Crippen LogP contribution in [0.2, 0.25) is 5.02 Å². The van der Waals surface area contributed by atoms with Gasteiger partial charge in [0.2, 0.25) is 0 Å². The van der Waals surface area contributed by atoms with E-state index in [1.165, 1.54) is 19.2 Å². The van der Waals surface area contributed by atoms with Crippen molar-refractivity contribution >= 4 is 41.1 Å². The molecule has 1 aromatic carbocycles. The number of aromatic nitrogens is 1. The quantitative estimate of drug-likeness (QED) is 0.606. The van der Waals surface area contributed by atoms with Crippen molar-refractivity contribution in [1.29, 1.82) is 0 Å². The molecule has 0 unspecified atom stereocenters. The van der Waals surface area contributed by atoms with Crippen molar-refractivity contribution in [2.75, 3.05) is 11.1 Å². The number of esters is 1. The van der Waals surface area contributed by atoms with Crippen LogP contribution in [0, 0.1) is 11.6 Å². The Labute approximate surface area is 151 Å². The topological polar surface area (TPSA) is 68.3 Å². The van der Waals surface area contributed by atoms with Crippen LogP contribution in [-0.2, 0) is 14.3 Å². The first-order valence-corrected chi connectivity index (χ1v) is 8.41. The molecule has 25 heavy (non-hydrogen) atoms. The molecule has 1 heterocycles. The summed E-state index contributed by atoms with van der Waals surface area (Å²) in [6, 6.07) is 5.98. The standard InChI is InChI=1S/C16H13ClF2N2O3S/c1-9(16(23)21-14-5-2-10(17)7-20-14)24-15(22)8-25-13-6-11(18)3-4-12(13)19/h2-7,9H,8H2,1H3,(H,20,21,23)/t9-/m1/s1. The molecule has 0 saturated carbocycles. The summed E-state index contributed by atoms with van der Waals surface area (Å²) in [4.78, 5) is 27.6. The zero-order valence-electron chi connectivity index (χ0n) is 13.0. The number of carbonyl (C=O) groups is 2. The van der Waals surface area contributed by atoms with Crippen LogP contribution in [0.15, 0.2) is 41.4 Å².